The SMILES string of the molecule is CCOC(=O)Cn1nc2c(n1)C(=O)c1nn(CC(=O)OCC)nc1C2=O. The number of hydrogen-bond acceptors (Lipinski definition) is 10. The zero-order valence-corrected chi connectivity index (χ0v) is 14.0. The molecule has 0 bridgehead atoms. The Morgan fingerprint density at radius 3 is 1.31 bits per heavy atom. The number of esters is 2. The lowest BCUT2D eigenvalue weighted by Gasteiger charge is -2.02. The van der Waals surface area contributed by atoms with E-state index in [4.69, 9.17) is 9.47 Å². The Hall–Kier alpha value is -3.44. The molecule has 1 aliphatic carbocycles. The molecule has 0 N–H and O–H groups in total. The molecule has 0 aliphatic heterocycles. The number of aromatic nitrogens is 6. The van der Waals surface area contributed by atoms with Gasteiger partial charge in [-0.25, -0.2) is 9.59 Å². The summed E-state index contributed by atoms with van der Waals surface area (Å²) < 4.78 is 9.54. The number of ketones is 2. The summed E-state index contributed by atoms with van der Waals surface area (Å²) in [4.78, 5) is 49.8. The quantitative estimate of drug-likeness (QED) is 0.488. The van der Waals surface area contributed by atoms with Crippen molar-refractivity contribution in [3.63, 3.8) is 0 Å². The Bertz CT molecular complexity index is 792. The molecule has 12 heteroatoms. The van der Waals surface area contributed by atoms with Crippen LogP contribution in [-0.2, 0) is 32.2 Å². The van der Waals surface area contributed by atoms with E-state index in [1.54, 1.807) is 13.8 Å². The van der Waals surface area contributed by atoms with Gasteiger partial charge in [-0.1, -0.05) is 0 Å². The van der Waals surface area contributed by atoms with E-state index in [2.05, 4.69) is 20.4 Å². The number of ether oxygens (including phenoxy) is 2. The van der Waals surface area contributed by atoms with Gasteiger partial charge in [0, 0.05) is 0 Å². The molecular weight excluding hydrogens is 348 g/mol. The average Bonchev–Trinajstić information content (AvgIpc) is 3.18. The standard InChI is InChI=1S/C14H14N6O6/c1-3-25-7(21)5-19-15-9-10(16-19)14(24)12-11(13(9)23)17-20(18-12)6-8(22)26-4-2/h3-6H2,1-2H3. The Morgan fingerprint density at radius 1 is 0.731 bits per heavy atom. The van der Waals surface area contributed by atoms with Crippen LogP contribution < -0.4 is 0 Å². The maximum Gasteiger partial charge on any atom is 0.329 e. The van der Waals surface area contributed by atoms with Crippen molar-refractivity contribution in [1.82, 2.24) is 30.0 Å². The van der Waals surface area contributed by atoms with Gasteiger partial charge < -0.3 is 9.47 Å². The van der Waals surface area contributed by atoms with Crippen molar-refractivity contribution in [2.24, 2.45) is 0 Å². The fourth-order valence-electron chi connectivity index (χ4n) is 2.32. The lowest BCUT2D eigenvalue weighted by atomic mass is 10.00. The summed E-state index contributed by atoms with van der Waals surface area (Å²) in [5.74, 6) is -2.54. The minimum absolute atomic E-state index is 0.182. The van der Waals surface area contributed by atoms with Crippen LogP contribution in [0, 0.1) is 0 Å². The Labute approximate surface area is 146 Å². The first-order valence-corrected chi connectivity index (χ1v) is 7.75. The third-order valence-corrected chi connectivity index (χ3v) is 3.32. The highest BCUT2D eigenvalue weighted by Crippen LogP contribution is 2.22. The molecule has 12 nitrogen and oxygen atoms in total. The van der Waals surface area contributed by atoms with Gasteiger partial charge in [0.05, 0.1) is 13.2 Å². The van der Waals surface area contributed by atoms with Crippen molar-refractivity contribution < 1.29 is 28.7 Å². The molecule has 0 saturated carbocycles. The van der Waals surface area contributed by atoms with Crippen LogP contribution in [0.3, 0.4) is 0 Å². The Morgan fingerprint density at radius 2 is 1.04 bits per heavy atom. The number of fused-ring (bicyclic) bond motifs is 2. The van der Waals surface area contributed by atoms with Crippen LogP contribution in [0.25, 0.3) is 0 Å². The summed E-state index contributed by atoms with van der Waals surface area (Å²) in [5, 5.41) is 15.5. The molecule has 3 rings (SSSR count). The third-order valence-electron chi connectivity index (χ3n) is 3.32. The zero-order valence-electron chi connectivity index (χ0n) is 14.0. The van der Waals surface area contributed by atoms with Crippen LogP contribution in [-0.4, -0.2) is 66.7 Å². The molecule has 0 radical (unpaired) electrons. The van der Waals surface area contributed by atoms with Gasteiger partial charge in [0.15, 0.2) is 35.9 Å². The fraction of sp³-hybridized carbons (Fsp3) is 0.429. The summed E-state index contributed by atoms with van der Waals surface area (Å²) in [5.41, 5.74) is -0.907. The van der Waals surface area contributed by atoms with Crippen molar-refractivity contribution in [1.29, 1.82) is 0 Å². The second kappa shape index (κ2) is 6.82. The summed E-state index contributed by atoms with van der Waals surface area (Å²) in [6, 6.07) is 0. The molecule has 0 fully saturated rings. The van der Waals surface area contributed by atoms with E-state index in [-0.39, 0.29) is 49.1 Å². The first-order chi connectivity index (χ1) is 12.4. The maximum atomic E-state index is 12.5. The second-order valence-corrected chi connectivity index (χ2v) is 5.12. The molecule has 0 unspecified atom stereocenters. The van der Waals surface area contributed by atoms with E-state index in [1.807, 2.05) is 0 Å². The van der Waals surface area contributed by atoms with Gasteiger partial charge in [0.2, 0.25) is 11.6 Å². The third kappa shape index (κ3) is 3.08. The molecule has 0 spiro atoms. The van der Waals surface area contributed by atoms with Crippen molar-refractivity contribution in [3.8, 4) is 0 Å². The van der Waals surface area contributed by atoms with E-state index < -0.39 is 23.5 Å². The van der Waals surface area contributed by atoms with Crippen molar-refractivity contribution in [2.75, 3.05) is 13.2 Å². The number of rotatable bonds is 6. The van der Waals surface area contributed by atoms with Crippen LogP contribution >= 0.6 is 0 Å². The fourth-order valence-corrected chi connectivity index (χ4v) is 2.32. The number of carbonyl (C=O) groups excluding carboxylic acids is 4. The van der Waals surface area contributed by atoms with E-state index in [0.717, 1.165) is 9.59 Å². The lowest BCUT2D eigenvalue weighted by molar-refractivity contribution is -0.145. The molecule has 0 aromatic carbocycles. The van der Waals surface area contributed by atoms with Crippen molar-refractivity contribution >= 4 is 23.5 Å². The highest BCUT2D eigenvalue weighted by atomic mass is 16.5. The second-order valence-electron chi connectivity index (χ2n) is 5.12. The summed E-state index contributed by atoms with van der Waals surface area (Å²) in [7, 11) is 0. The number of hydrogen-bond donors (Lipinski definition) is 0. The molecule has 1 aliphatic rings. The van der Waals surface area contributed by atoms with E-state index in [0.29, 0.717) is 0 Å². The first-order valence-electron chi connectivity index (χ1n) is 7.75. The van der Waals surface area contributed by atoms with Gasteiger partial charge >= 0.3 is 11.9 Å². The smallest absolute Gasteiger partial charge is 0.329 e. The van der Waals surface area contributed by atoms with Crippen molar-refractivity contribution in [3.05, 3.63) is 22.8 Å². The predicted octanol–water partition coefficient (Wildman–Crippen LogP) is -1.23. The molecule has 136 valence electrons. The number of carbonyl (C=O) groups is 4. The van der Waals surface area contributed by atoms with Gasteiger partial charge in [-0.2, -0.15) is 9.59 Å². The monoisotopic (exact) mass is 362 g/mol. The van der Waals surface area contributed by atoms with Crippen LogP contribution in [0.15, 0.2) is 0 Å². The van der Waals surface area contributed by atoms with Crippen LogP contribution in [0.5, 0.6) is 0 Å². The lowest BCUT2D eigenvalue weighted by Crippen LogP contribution is -2.20. The summed E-state index contributed by atoms with van der Waals surface area (Å²) in [6.45, 7) is 2.98. The normalized spacial score (nSPS) is 12.5. The molecule has 2 heterocycles. The minimum atomic E-state index is -0.667. The van der Waals surface area contributed by atoms with E-state index in [9.17, 15) is 19.2 Å². The number of nitrogens with zero attached hydrogens (tertiary/aromatic N) is 6. The molecule has 0 amide bonds. The highest BCUT2D eigenvalue weighted by Gasteiger charge is 2.39. The van der Waals surface area contributed by atoms with Gasteiger partial charge in [-0.05, 0) is 13.8 Å². The topological polar surface area (TPSA) is 148 Å². The predicted molar refractivity (Wildman–Crippen MR) is 80.2 cm³/mol. The zero-order chi connectivity index (χ0) is 18.8. The van der Waals surface area contributed by atoms with E-state index in [1.165, 1.54) is 0 Å². The van der Waals surface area contributed by atoms with Gasteiger partial charge in [0.1, 0.15) is 0 Å². The molecule has 26 heavy (non-hydrogen) atoms. The molecular formula is C14H14N6O6. The Kier molecular flexibility index (Phi) is 4.56. The van der Waals surface area contributed by atoms with Crippen molar-refractivity contribution in [2.45, 2.75) is 26.9 Å². The molecule has 0 atom stereocenters. The van der Waals surface area contributed by atoms with E-state index >= 15 is 0 Å². The molecule has 0 saturated heterocycles. The van der Waals surface area contributed by atoms with Gasteiger partial charge in [-0.15, -0.1) is 20.4 Å². The van der Waals surface area contributed by atoms with Crippen LogP contribution in [0.2, 0.25) is 0 Å². The van der Waals surface area contributed by atoms with Gasteiger partial charge in [-0.3, -0.25) is 9.59 Å². The first kappa shape index (κ1) is 17.4. The van der Waals surface area contributed by atoms with Crippen LogP contribution in [0.1, 0.15) is 46.2 Å². The van der Waals surface area contributed by atoms with Gasteiger partial charge in [0.25, 0.3) is 0 Å². The molecule has 2 aromatic rings. The Balaban J connectivity index is 1.86. The largest absolute Gasteiger partial charge is 0.465 e. The summed E-state index contributed by atoms with van der Waals surface area (Å²) >= 11 is 0. The minimum Gasteiger partial charge on any atom is -0.465 e. The maximum absolute atomic E-state index is 12.5. The summed E-state index contributed by atoms with van der Waals surface area (Å²) in [6.07, 6.45) is 0. The highest BCUT2D eigenvalue weighted by molar-refractivity contribution is 6.25. The average molecular weight is 362 g/mol. The molecule has 2 aromatic heterocycles. The van der Waals surface area contributed by atoms with Crippen LogP contribution in [0.4, 0.5) is 0 Å².